The van der Waals surface area contributed by atoms with Gasteiger partial charge in [0.25, 0.3) is 0 Å². The zero-order chi connectivity index (χ0) is 16.3. The number of nitrogens with zero attached hydrogens (tertiary/aromatic N) is 2. The summed E-state index contributed by atoms with van der Waals surface area (Å²) in [6, 6.07) is -0.0910. The zero-order valence-corrected chi connectivity index (χ0v) is 14.5. The molecule has 0 saturated heterocycles. The van der Waals surface area contributed by atoms with Crippen LogP contribution in [0.2, 0.25) is 0 Å². The van der Waals surface area contributed by atoms with Crippen LogP contribution in [0.25, 0.3) is 0 Å². The van der Waals surface area contributed by atoms with Crippen molar-refractivity contribution in [3.63, 3.8) is 0 Å². The number of aliphatic imine (C=N–C) groups is 2. The molecule has 0 radical (unpaired) electrons. The average Bonchev–Trinajstić information content (AvgIpc) is 2.54. The highest BCUT2D eigenvalue weighted by molar-refractivity contribution is 5.97. The Morgan fingerprint density at radius 3 is 2.23 bits per heavy atom. The van der Waals surface area contributed by atoms with E-state index < -0.39 is 5.54 Å². The van der Waals surface area contributed by atoms with Gasteiger partial charge in [-0.2, -0.15) is 0 Å². The second-order valence-corrected chi connectivity index (χ2v) is 6.30. The van der Waals surface area contributed by atoms with Crippen molar-refractivity contribution in [3.8, 4) is 0 Å². The molecule has 1 spiro atoms. The predicted octanol–water partition coefficient (Wildman–Crippen LogP) is 2.07. The fraction of sp³-hybridized carbons (Fsp3) is 0.875. The van der Waals surface area contributed by atoms with Crippen LogP contribution in [-0.2, 0) is 18.9 Å². The Morgan fingerprint density at radius 2 is 1.73 bits per heavy atom. The lowest BCUT2D eigenvalue weighted by Gasteiger charge is -2.43. The van der Waals surface area contributed by atoms with Gasteiger partial charge in [0.15, 0.2) is 0 Å². The maximum atomic E-state index is 5.61. The number of ether oxygens (including phenoxy) is 4. The third-order valence-electron chi connectivity index (χ3n) is 4.67. The molecule has 1 saturated carbocycles. The van der Waals surface area contributed by atoms with Gasteiger partial charge in [0.2, 0.25) is 11.8 Å². The molecule has 0 amide bonds. The molecular formula is C16H28N2O4. The number of rotatable bonds is 3. The highest BCUT2D eigenvalue weighted by atomic mass is 16.5. The van der Waals surface area contributed by atoms with Crippen LogP contribution in [0.1, 0.15) is 33.1 Å². The summed E-state index contributed by atoms with van der Waals surface area (Å²) in [4.78, 5) is 9.71. The fourth-order valence-corrected chi connectivity index (χ4v) is 3.40. The maximum Gasteiger partial charge on any atom is 0.212 e. The number of methoxy groups -OCH3 is 4. The summed E-state index contributed by atoms with van der Waals surface area (Å²) in [5.74, 6) is 1.67. The SMILES string of the molecule is COC1=N[C@]2(CC[C@H](OC)[C@H](OC)C2)C(OC)=N[C@@H]1C(C)C. The molecule has 22 heavy (non-hydrogen) atoms. The molecule has 1 aliphatic heterocycles. The van der Waals surface area contributed by atoms with E-state index in [1.54, 1.807) is 28.4 Å². The van der Waals surface area contributed by atoms with Crippen molar-refractivity contribution in [3.05, 3.63) is 0 Å². The van der Waals surface area contributed by atoms with E-state index in [1.807, 2.05) is 0 Å². The topological polar surface area (TPSA) is 61.6 Å². The van der Waals surface area contributed by atoms with Gasteiger partial charge < -0.3 is 18.9 Å². The molecule has 0 bridgehead atoms. The van der Waals surface area contributed by atoms with E-state index in [4.69, 9.17) is 28.9 Å². The van der Waals surface area contributed by atoms with Crippen molar-refractivity contribution in [2.24, 2.45) is 15.9 Å². The first-order chi connectivity index (χ1) is 10.5. The van der Waals surface area contributed by atoms with Crippen LogP contribution in [0.4, 0.5) is 0 Å². The molecule has 0 N–H and O–H groups in total. The molecule has 126 valence electrons. The third-order valence-corrected chi connectivity index (χ3v) is 4.67. The average molecular weight is 312 g/mol. The van der Waals surface area contributed by atoms with Crippen molar-refractivity contribution in [2.45, 2.75) is 56.9 Å². The molecule has 1 fully saturated rings. The Kier molecular flexibility index (Phi) is 5.45. The number of hydrogen-bond acceptors (Lipinski definition) is 6. The first-order valence-electron chi connectivity index (χ1n) is 7.83. The molecule has 2 aliphatic rings. The van der Waals surface area contributed by atoms with E-state index in [9.17, 15) is 0 Å². The van der Waals surface area contributed by atoms with Gasteiger partial charge in [-0.3, -0.25) is 0 Å². The lowest BCUT2D eigenvalue weighted by Crippen LogP contribution is -2.53. The Bertz CT molecular complexity index is 449. The summed E-state index contributed by atoms with van der Waals surface area (Å²) < 4.78 is 22.3. The molecule has 4 atom stereocenters. The molecule has 0 unspecified atom stereocenters. The second-order valence-electron chi connectivity index (χ2n) is 6.30. The van der Waals surface area contributed by atoms with Gasteiger partial charge in [-0.05, 0) is 18.8 Å². The minimum Gasteiger partial charge on any atom is -0.483 e. The molecular weight excluding hydrogens is 284 g/mol. The molecule has 2 rings (SSSR count). The van der Waals surface area contributed by atoms with E-state index in [-0.39, 0.29) is 18.2 Å². The summed E-state index contributed by atoms with van der Waals surface area (Å²) >= 11 is 0. The quantitative estimate of drug-likeness (QED) is 0.800. The first-order valence-corrected chi connectivity index (χ1v) is 7.83. The van der Waals surface area contributed by atoms with E-state index >= 15 is 0 Å². The van der Waals surface area contributed by atoms with Crippen LogP contribution >= 0.6 is 0 Å². The van der Waals surface area contributed by atoms with Gasteiger partial charge in [0.05, 0.1) is 26.4 Å². The number of hydrogen-bond donors (Lipinski definition) is 0. The largest absolute Gasteiger partial charge is 0.483 e. The maximum absolute atomic E-state index is 5.61. The minimum absolute atomic E-state index is 0.0310. The predicted molar refractivity (Wildman–Crippen MR) is 85.7 cm³/mol. The Labute approximate surface area is 132 Å². The molecule has 0 aromatic carbocycles. The van der Waals surface area contributed by atoms with Crippen molar-refractivity contribution in [1.29, 1.82) is 0 Å². The summed E-state index contributed by atoms with van der Waals surface area (Å²) in [6.45, 7) is 4.21. The Balaban J connectivity index is 2.36. The van der Waals surface area contributed by atoms with Crippen molar-refractivity contribution < 1.29 is 18.9 Å². The van der Waals surface area contributed by atoms with Crippen molar-refractivity contribution >= 4 is 11.8 Å². The molecule has 6 heteroatoms. The summed E-state index contributed by atoms with van der Waals surface area (Å²) in [7, 11) is 6.75. The first kappa shape index (κ1) is 17.2. The molecule has 0 aromatic rings. The molecule has 0 aromatic heterocycles. The zero-order valence-electron chi connectivity index (χ0n) is 14.5. The van der Waals surface area contributed by atoms with Gasteiger partial charge in [-0.1, -0.05) is 13.8 Å². The van der Waals surface area contributed by atoms with Crippen LogP contribution < -0.4 is 0 Å². The summed E-state index contributed by atoms with van der Waals surface area (Å²) in [5, 5.41) is 0. The molecule has 1 heterocycles. The third kappa shape index (κ3) is 2.99. The van der Waals surface area contributed by atoms with Gasteiger partial charge in [0, 0.05) is 20.6 Å². The van der Waals surface area contributed by atoms with Crippen molar-refractivity contribution in [2.75, 3.05) is 28.4 Å². The van der Waals surface area contributed by atoms with Crippen LogP contribution in [0.3, 0.4) is 0 Å². The standard InChI is InChI=1S/C16H28N2O4/c1-10(2)13-14(21-5)18-16(15(17-13)22-6)8-7-11(19-3)12(9-16)20-4/h10-13H,7-9H2,1-6H3/t11-,12+,13+,16-/m0/s1. The van der Waals surface area contributed by atoms with Crippen LogP contribution in [0, 0.1) is 5.92 Å². The monoisotopic (exact) mass is 312 g/mol. The molecule has 1 aliphatic carbocycles. The van der Waals surface area contributed by atoms with Gasteiger partial charge in [-0.25, -0.2) is 9.98 Å². The van der Waals surface area contributed by atoms with Crippen LogP contribution in [0.15, 0.2) is 9.98 Å². The van der Waals surface area contributed by atoms with Crippen molar-refractivity contribution in [1.82, 2.24) is 0 Å². The lowest BCUT2D eigenvalue weighted by atomic mass is 9.77. The van der Waals surface area contributed by atoms with E-state index in [0.717, 1.165) is 12.8 Å². The van der Waals surface area contributed by atoms with E-state index in [1.165, 1.54) is 0 Å². The smallest absolute Gasteiger partial charge is 0.212 e. The normalized spacial score (nSPS) is 35.3. The van der Waals surface area contributed by atoms with Crippen LogP contribution in [-0.4, -0.2) is 64.0 Å². The second kappa shape index (κ2) is 6.96. The van der Waals surface area contributed by atoms with E-state index in [2.05, 4.69) is 13.8 Å². The highest BCUT2D eigenvalue weighted by Gasteiger charge is 2.49. The van der Waals surface area contributed by atoms with Gasteiger partial charge >= 0.3 is 0 Å². The summed E-state index contributed by atoms with van der Waals surface area (Å²) in [6.07, 6.45) is 2.40. The Hall–Kier alpha value is -1.14. The van der Waals surface area contributed by atoms with Crippen LogP contribution in [0.5, 0.6) is 0 Å². The fourth-order valence-electron chi connectivity index (χ4n) is 3.40. The van der Waals surface area contributed by atoms with Gasteiger partial charge in [-0.15, -0.1) is 0 Å². The lowest BCUT2D eigenvalue weighted by molar-refractivity contribution is -0.0692. The molecule has 6 nitrogen and oxygen atoms in total. The van der Waals surface area contributed by atoms with Gasteiger partial charge in [0.1, 0.15) is 11.6 Å². The highest BCUT2D eigenvalue weighted by Crippen LogP contribution is 2.39. The Morgan fingerprint density at radius 1 is 1.05 bits per heavy atom. The van der Waals surface area contributed by atoms with E-state index in [0.29, 0.717) is 24.1 Å². The summed E-state index contributed by atoms with van der Waals surface area (Å²) in [5.41, 5.74) is -0.499. The minimum atomic E-state index is -0.499.